The normalized spacial score (nSPS) is 8.38. The summed E-state index contributed by atoms with van der Waals surface area (Å²) in [5.41, 5.74) is 0. The molecule has 0 unspecified atom stereocenters. The van der Waals surface area contributed by atoms with Gasteiger partial charge in [0, 0.05) is 0 Å². The van der Waals surface area contributed by atoms with Crippen LogP contribution in [0, 0.1) is 6.08 Å². The van der Waals surface area contributed by atoms with Gasteiger partial charge in [-0.1, -0.05) is 0 Å². The first-order valence-corrected chi connectivity index (χ1v) is 1.17. The Morgan fingerprint density at radius 1 is 1.25 bits per heavy atom. The van der Waals surface area contributed by atoms with Gasteiger partial charge in [0.05, 0.1) is 0 Å². The van der Waals surface area contributed by atoms with E-state index in [4.69, 9.17) is 0 Å². The van der Waals surface area contributed by atoms with Gasteiger partial charge in [-0.2, -0.15) is 0 Å². The first-order chi connectivity index (χ1) is 2.56. The molecule has 0 saturated heterocycles. The molecule has 0 fully saturated rings. The van der Waals surface area contributed by atoms with Gasteiger partial charge in [0.15, 0.2) is 0 Å². The Morgan fingerprint density at radius 2 is 1.38 bits per heavy atom. The molecule has 0 N–H and O–H groups in total. The fraction of sp³-hybridized carbons (Fsp3) is 0.333. The second-order valence-electron chi connectivity index (χ2n) is 0.675. The van der Waals surface area contributed by atoms with Gasteiger partial charge >= 0.3 is 19.5 Å². The molecule has 5 heteroatoms. The zero-order chi connectivity index (χ0) is 5.21. The van der Waals surface area contributed by atoms with Crippen molar-refractivity contribution in [3.63, 3.8) is 0 Å². The van der Waals surface area contributed by atoms with Gasteiger partial charge in [-0.15, -0.1) is 0 Å². The minimum Gasteiger partial charge on any atom is -1.00 e. The minimum atomic E-state index is -4.32. The molecule has 0 nitrogen and oxygen atoms in total. The summed E-state index contributed by atoms with van der Waals surface area (Å²) in [6.45, 7) is 2.38. The van der Waals surface area contributed by atoms with Crippen molar-refractivity contribution in [1.82, 2.24) is 0 Å². The maximum absolute atomic E-state index is 10.6. The van der Waals surface area contributed by atoms with Crippen molar-refractivity contribution in [2.45, 2.75) is 6.18 Å². The number of alkyl halides is 3. The number of halogens is 4. The Balaban J connectivity index is -0.000000125. The van der Waals surface area contributed by atoms with Crippen LogP contribution in [0.25, 0.3) is 0 Å². The van der Waals surface area contributed by atoms with E-state index in [-0.39, 0.29) is 31.9 Å². The Labute approximate surface area is 64.3 Å². The predicted molar refractivity (Wildman–Crippen MR) is 14.9 cm³/mol. The minimum absolute atomic E-state index is 0. The summed E-state index contributed by atoms with van der Waals surface area (Å²) in [6, 6.07) is 0. The van der Waals surface area contributed by atoms with Crippen molar-refractivity contribution in [2.75, 3.05) is 0 Å². The van der Waals surface area contributed by atoms with E-state index in [1.54, 1.807) is 0 Å². The summed E-state index contributed by atoms with van der Waals surface area (Å²) < 4.78 is 31.8. The van der Waals surface area contributed by atoms with Crippen LogP contribution in [0.15, 0.2) is 6.58 Å². The number of allylic oxidation sites excluding steroid dienone is 1. The van der Waals surface area contributed by atoms with Gasteiger partial charge in [-0.3, -0.25) is 6.58 Å². The third-order valence-electron chi connectivity index (χ3n) is 0.200. The van der Waals surface area contributed by atoms with Crippen molar-refractivity contribution in [3.05, 3.63) is 12.7 Å². The topological polar surface area (TPSA) is 0 Å². The van der Waals surface area contributed by atoms with Crippen LogP contribution in [-0.4, -0.2) is 6.18 Å². The van der Waals surface area contributed by atoms with E-state index in [1.165, 1.54) is 0 Å². The van der Waals surface area contributed by atoms with Crippen LogP contribution in [0.5, 0.6) is 0 Å². The zero-order valence-electron chi connectivity index (χ0n) is 3.93. The summed E-state index contributed by atoms with van der Waals surface area (Å²) in [7, 11) is 0. The van der Waals surface area contributed by atoms with Crippen molar-refractivity contribution < 1.29 is 45.1 Å². The van der Waals surface area contributed by atoms with Crippen LogP contribution in [0.2, 0.25) is 0 Å². The third kappa shape index (κ3) is 16.1. The standard InChI is InChI=1S/C3H2F3.ClH.Zn/c1-2-3(4,5)6;;/h1H2;1H;/q-1;;+2/p-1. The van der Waals surface area contributed by atoms with Crippen LogP contribution in [0.1, 0.15) is 0 Å². The Morgan fingerprint density at radius 3 is 1.38 bits per heavy atom. The van der Waals surface area contributed by atoms with E-state index >= 15 is 0 Å². The van der Waals surface area contributed by atoms with Gasteiger partial charge < -0.3 is 18.5 Å². The van der Waals surface area contributed by atoms with Crippen LogP contribution >= 0.6 is 0 Å². The molecule has 0 spiro atoms. The van der Waals surface area contributed by atoms with Gasteiger partial charge in [0.2, 0.25) is 0 Å². The molecule has 44 valence electrons. The van der Waals surface area contributed by atoms with E-state index in [1.807, 2.05) is 0 Å². The van der Waals surface area contributed by atoms with Crippen molar-refractivity contribution in [1.29, 1.82) is 0 Å². The molecule has 0 aromatic heterocycles. The van der Waals surface area contributed by atoms with E-state index in [0.717, 1.165) is 6.08 Å². The van der Waals surface area contributed by atoms with E-state index in [9.17, 15) is 13.2 Å². The van der Waals surface area contributed by atoms with Gasteiger partial charge in [0.25, 0.3) is 6.18 Å². The summed E-state index contributed by atoms with van der Waals surface area (Å²) >= 11 is 0. The Bertz CT molecular complexity index is 60.0. The van der Waals surface area contributed by atoms with Crippen LogP contribution in [0.4, 0.5) is 13.2 Å². The van der Waals surface area contributed by atoms with Gasteiger partial charge in [-0.05, 0) is 0 Å². The number of hydrogen-bond acceptors (Lipinski definition) is 0. The Hall–Kier alpha value is 0.443. The molecular weight excluding hydrogens is 194 g/mol. The molecular formula is C3H2ClF3Zn. The molecule has 0 rings (SSSR count). The molecule has 0 saturated carbocycles. The first kappa shape index (κ1) is 15.8. The SMILES string of the molecule is C=[C-]C(F)(F)F.[Cl-].[Zn+2]. The fourth-order valence-corrected chi connectivity index (χ4v) is 0. The monoisotopic (exact) mass is 194 g/mol. The molecule has 0 aliphatic heterocycles. The van der Waals surface area contributed by atoms with Crippen molar-refractivity contribution >= 4 is 0 Å². The largest absolute Gasteiger partial charge is 2.00 e. The van der Waals surface area contributed by atoms with E-state index < -0.39 is 6.18 Å². The van der Waals surface area contributed by atoms with Gasteiger partial charge in [0.1, 0.15) is 0 Å². The average molecular weight is 196 g/mol. The first-order valence-electron chi connectivity index (χ1n) is 1.17. The van der Waals surface area contributed by atoms with Crippen molar-refractivity contribution in [3.8, 4) is 0 Å². The maximum Gasteiger partial charge on any atom is 2.00 e. The van der Waals surface area contributed by atoms with Crippen LogP contribution in [-0.2, 0) is 19.5 Å². The second kappa shape index (κ2) is 5.58. The zero-order valence-corrected chi connectivity index (χ0v) is 7.65. The maximum atomic E-state index is 10.6. The fourth-order valence-electron chi connectivity index (χ4n) is 0. The molecule has 0 heterocycles. The van der Waals surface area contributed by atoms with Crippen LogP contribution in [0.3, 0.4) is 0 Å². The molecule has 0 aliphatic carbocycles. The molecule has 0 aliphatic rings. The quantitative estimate of drug-likeness (QED) is 0.328. The number of hydrogen-bond donors (Lipinski definition) is 0. The van der Waals surface area contributed by atoms with Gasteiger partial charge in [-0.25, -0.2) is 13.2 Å². The summed E-state index contributed by atoms with van der Waals surface area (Å²) in [5.74, 6) is 0. The van der Waals surface area contributed by atoms with Crippen molar-refractivity contribution in [2.24, 2.45) is 0 Å². The molecule has 0 aromatic carbocycles. The molecule has 0 amide bonds. The molecule has 0 radical (unpaired) electrons. The summed E-state index contributed by atoms with van der Waals surface area (Å²) in [6.07, 6.45) is -3.47. The molecule has 0 atom stereocenters. The molecule has 8 heavy (non-hydrogen) atoms. The molecule has 0 aromatic rings. The Kier molecular flexibility index (Phi) is 11.0. The predicted octanol–water partition coefficient (Wildman–Crippen LogP) is -1.46. The van der Waals surface area contributed by atoms with Crippen LogP contribution < -0.4 is 12.4 Å². The van der Waals surface area contributed by atoms with E-state index in [0.29, 0.717) is 0 Å². The third-order valence-corrected chi connectivity index (χ3v) is 0.200. The number of rotatable bonds is 0. The molecule has 0 bridgehead atoms. The second-order valence-corrected chi connectivity index (χ2v) is 0.675. The van der Waals surface area contributed by atoms with E-state index in [2.05, 4.69) is 6.58 Å². The summed E-state index contributed by atoms with van der Waals surface area (Å²) in [4.78, 5) is 0. The average Bonchev–Trinajstić information content (AvgIpc) is 1.35. The smallest absolute Gasteiger partial charge is 1.00 e. The summed E-state index contributed by atoms with van der Waals surface area (Å²) in [5, 5.41) is 0.